The molecule has 27 heavy (non-hydrogen) atoms. The average molecular weight is 355 g/mol. The molecule has 4 rings (SSSR count). The van der Waals surface area contributed by atoms with E-state index in [9.17, 15) is 9.59 Å². The van der Waals surface area contributed by atoms with Gasteiger partial charge in [-0.25, -0.2) is 0 Å². The van der Waals surface area contributed by atoms with Crippen LogP contribution in [0.2, 0.25) is 0 Å². The predicted molar refractivity (Wildman–Crippen MR) is 105 cm³/mol. The Labute approximate surface area is 156 Å². The van der Waals surface area contributed by atoms with Crippen molar-refractivity contribution in [3.8, 4) is 11.1 Å². The monoisotopic (exact) mass is 355 g/mol. The highest BCUT2D eigenvalue weighted by atomic mass is 16.2. The zero-order valence-electron chi connectivity index (χ0n) is 14.7. The first kappa shape index (κ1) is 16.7. The van der Waals surface area contributed by atoms with Gasteiger partial charge in [-0.1, -0.05) is 24.3 Å². The molecule has 132 valence electrons. The van der Waals surface area contributed by atoms with Crippen molar-refractivity contribution in [3.05, 3.63) is 90.5 Å². The van der Waals surface area contributed by atoms with Gasteiger partial charge in [-0.3, -0.25) is 14.6 Å². The van der Waals surface area contributed by atoms with Crippen LogP contribution in [-0.4, -0.2) is 21.1 Å². The average Bonchev–Trinajstić information content (AvgIpc) is 3.07. The molecule has 0 fully saturated rings. The molecule has 0 unspecified atom stereocenters. The van der Waals surface area contributed by atoms with E-state index in [0.717, 1.165) is 16.6 Å². The summed E-state index contributed by atoms with van der Waals surface area (Å²) in [6.45, 7) is 1.93. The van der Waals surface area contributed by atoms with Crippen LogP contribution < -0.4 is 5.32 Å². The maximum atomic E-state index is 13.0. The van der Waals surface area contributed by atoms with Gasteiger partial charge in [0.05, 0.1) is 0 Å². The molecule has 5 nitrogen and oxygen atoms in total. The number of rotatable bonds is 4. The topological polar surface area (TPSA) is 63.5 Å². The number of aryl methyl sites for hydroxylation is 1. The smallest absolute Gasteiger partial charge is 0.298 e. The summed E-state index contributed by atoms with van der Waals surface area (Å²) in [7, 11) is 0. The molecule has 0 aliphatic rings. The van der Waals surface area contributed by atoms with Crippen molar-refractivity contribution in [2.45, 2.75) is 6.92 Å². The fourth-order valence-electron chi connectivity index (χ4n) is 3.12. The summed E-state index contributed by atoms with van der Waals surface area (Å²) in [5.41, 5.74) is 4.22. The molecule has 0 aliphatic heterocycles. The minimum Gasteiger partial charge on any atom is -0.319 e. The lowest BCUT2D eigenvalue weighted by atomic mass is 10.1. The van der Waals surface area contributed by atoms with Crippen LogP contribution in [0.1, 0.15) is 16.1 Å². The molecule has 4 aromatic rings. The van der Waals surface area contributed by atoms with Gasteiger partial charge in [-0.15, -0.1) is 0 Å². The second-order valence-corrected chi connectivity index (χ2v) is 6.30. The molecule has 0 bridgehead atoms. The molecule has 0 spiro atoms. The van der Waals surface area contributed by atoms with Gasteiger partial charge in [0.25, 0.3) is 11.7 Å². The fourth-order valence-corrected chi connectivity index (χ4v) is 3.12. The molecule has 1 N–H and O–H groups in total. The highest BCUT2D eigenvalue weighted by Gasteiger charge is 2.24. The van der Waals surface area contributed by atoms with E-state index in [4.69, 9.17) is 0 Å². The maximum Gasteiger partial charge on any atom is 0.298 e. The van der Waals surface area contributed by atoms with Gasteiger partial charge in [0.1, 0.15) is 5.69 Å². The van der Waals surface area contributed by atoms with Crippen molar-refractivity contribution < 1.29 is 9.59 Å². The summed E-state index contributed by atoms with van der Waals surface area (Å²) in [5, 5.41) is 2.70. The van der Waals surface area contributed by atoms with Crippen molar-refractivity contribution in [2.24, 2.45) is 0 Å². The minimum absolute atomic E-state index is 0.323. The second-order valence-electron chi connectivity index (χ2n) is 6.30. The normalized spacial score (nSPS) is 10.7. The Hall–Kier alpha value is -3.73. The van der Waals surface area contributed by atoms with E-state index in [0.29, 0.717) is 16.9 Å². The Bertz CT molecular complexity index is 1150. The van der Waals surface area contributed by atoms with E-state index in [2.05, 4.69) is 10.3 Å². The number of anilines is 1. The minimum atomic E-state index is -0.672. The number of hydrogen-bond acceptors (Lipinski definition) is 3. The second kappa shape index (κ2) is 6.88. The van der Waals surface area contributed by atoms with Gasteiger partial charge >= 0.3 is 0 Å². The van der Waals surface area contributed by atoms with Crippen LogP contribution in [0.4, 0.5) is 5.69 Å². The van der Waals surface area contributed by atoms with Crippen LogP contribution in [0, 0.1) is 6.92 Å². The van der Waals surface area contributed by atoms with Crippen molar-refractivity contribution in [2.75, 3.05) is 5.32 Å². The SMILES string of the molecule is Cc1cccc(NC(=O)C(=O)c2c(-c3cccnc3)cc3ccccn23)c1. The van der Waals surface area contributed by atoms with Gasteiger partial charge in [-0.05, 0) is 48.9 Å². The van der Waals surface area contributed by atoms with Gasteiger partial charge in [0.15, 0.2) is 0 Å². The number of nitrogens with zero attached hydrogens (tertiary/aromatic N) is 2. The highest BCUT2D eigenvalue weighted by Crippen LogP contribution is 2.28. The van der Waals surface area contributed by atoms with Gasteiger partial charge in [0.2, 0.25) is 0 Å². The summed E-state index contributed by atoms with van der Waals surface area (Å²) in [6.07, 6.45) is 5.14. The summed E-state index contributed by atoms with van der Waals surface area (Å²) in [4.78, 5) is 29.8. The van der Waals surface area contributed by atoms with E-state index in [1.165, 1.54) is 0 Å². The molecule has 1 amide bonds. The number of benzene rings is 1. The van der Waals surface area contributed by atoms with E-state index in [1.54, 1.807) is 35.1 Å². The van der Waals surface area contributed by atoms with Crippen molar-refractivity contribution in [3.63, 3.8) is 0 Å². The maximum absolute atomic E-state index is 13.0. The van der Waals surface area contributed by atoms with Crippen molar-refractivity contribution in [1.29, 1.82) is 0 Å². The first-order chi connectivity index (χ1) is 13.1. The molecule has 5 heteroatoms. The van der Waals surface area contributed by atoms with Crippen LogP contribution in [0.5, 0.6) is 0 Å². The van der Waals surface area contributed by atoms with Crippen LogP contribution in [0.25, 0.3) is 16.6 Å². The zero-order chi connectivity index (χ0) is 18.8. The molecule has 3 heterocycles. The summed E-state index contributed by atoms with van der Waals surface area (Å²) >= 11 is 0. The Morgan fingerprint density at radius 2 is 1.89 bits per heavy atom. The number of carbonyl (C=O) groups is 2. The lowest BCUT2D eigenvalue weighted by Crippen LogP contribution is -2.24. The van der Waals surface area contributed by atoms with E-state index in [-0.39, 0.29) is 0 Å². The highest BCUT2D eigenvalue weighted by molar-refractivity contribution is 6.47. The third kappa shape index (κ3) is 3.22. The predicted octanol–water partition coefficient (Wildman–Crippen LogP) is 4.13. The van der Waals surface area contributed by atoms with E-state index < -0.39 is 11.7 Å². The summed E-state index contributed by atoms with van der Waals surface area (Å²) in [6, 6.07) is 18.5. The van der Waals surface area contributed by atoms with Crippen LogP contribution in [0.15, 0.2) is 79.3 Å². The Morgan fingerprint density at radius 1 is 1.00 bits per heavy atom. The van der Waals surface area contributed by atoms with Crippen LogP contribution in [0.3, 0.4) is 0 Å². The molecule has 0 aliphatic carbocycles. The number of hydrogen-bond donors (Lipinski definition) is 1. The zero-order valence-corrected chi connectivity index (χ0v) is 14.7. The molecule has 1 aromatic carbocycles. The van der Waals surface area contributed by atoms with Crippen molar-refractivity contribution >= 4 is 22.9 Å². The van der Waals surface area contributed by atoms with Crippen LogP contribution in [-0.2, 0) is 4.79 Å². The third-order valence-corrected chi connectivity index (χ3v) is 4.35. The number of carbonyl (C=O) groups excluding carboxylic acids is 2. The summed E-state index contributed by atoms with van der Waals surface area (Å²) in [5.74, 6) is -1.27. The largest absolute Gasteiger partial charge is 0.319 e. The first-order valence-electron chi connectivity index (χ1n) is 8.56. The molecular weight excluding hydrogens is 338 g/mol. The number of Topliss-reactive ketones (excluding diaryl/α,β-unsaturated/α-hetero) is 1. The van der Waals surface area contributed by atoms with Crippen molar-refractivity contribution in [1.82, 2.24) is 9.38 Å². The number of amides is 1. The number of nitrogens with one attached hydrogen (secondary N) is 1. The molecule has 0 saturated heterocycles. The first-order valence-corrected chi connectivity index (χ1v) is 8.56. The molecular formula is C22H17N3O2. The van der Waals surface area contributed by atoms with E-state index in [1.807, 2.05) is 55.5 Å². The quantitative estimate of drug-likeness (QED) is 0.442. The molecule has 0 atom stereocenters. The lowest BCUT2D eigenvalue weighted by Gasteiger charge is -2.08. The number of aromatic nitrogens is 2. The number of fused-ring (bicyclic) bond motifs is 1. The summed E-state index contributed by atoms with van der Waals surface area (Å²) < 4.78 is 1.74. The standard InChI is InChI=1S/C22H17N3O2/c1-15-6-4-8-17(12-15)24-22(27)21(26)20-19(16-7-5-10-23-14-16)13-18-9-2-3-11-25(18)20/h2-14H,1H3,(H,24,27). The third-order valence-electron chi connectivity index (χ3n) is 4.35. The molecule has 3 aromatic heterocycles. The van der Waals surface area contributed by atoms with E-state index >= 15 is 0 Å². The van der Waals surface area contributed by atoms with Gasteiger partial charge < -0.3 is 9.72 Å². The van der Waals surface area contributed by atoms with Crippen LogP contribution >= 0.6 is 0 Å². The van der Waals surface area contributed by atoms with Gasteiger partial charge in [-0.2, -0.15) is 0 Å². The lowest BCUT2D eigenvalue weighted by molar-refractivity contribution is -0.112. The number of pyridine rings is 2. The Kier molecular flexibility index (Phi) is 4.26. The van der Waals surface area contributed by atoms with Gasteiger partial charge in [0, 0.05) is 40.9 Å². The molecule has 0 saturated carbocycles. The Balaban J connectivity index is 1.78. The fraction of sp³-hybridized carbons (Fsp3) is 0.0455. The number of ketones is 1. The Morgan fingerprint density at radius 3 is 2.67 bits per heavy atom. The molecule has 0 radical (unpaired) electrons.